The molecule has 1 fully saturated rings. The smallest absolute Gasteiger partial charge is 0.165 e. The Hall–Kier alpha value is -2.43. The van der Waals surface area contributed by atoms with Crippen LogP contribution < -0.4 is 4.90 Å². The van der Waals surface area contributed by atoms with Crippen LogP contribution in [0.4, 0.5) is 10.2 Å². The van der Waals surface area contributed by atoms with E-state index in [9.17, 15) is 4.39 Å². The van der Waals surface area contributed by atoms with Gasteiger partial charge in [-0.15, -0.1) is 0 Å². The number of benzene rings is 1. The van der Waals surface area contributed by atoms with Crippen LogP contribution in [0.15, 0.2) is 36.5 Å². The van der Waals surface area contributed by atoms with E-state index in [1.807, 2.05) is 17.6 Å². The van der Waals surface area contributed by atoms with Crippen molar-refractivity contribution >= 4 is 11.5 Å². The Morgan fingerprint density at radius 2 is 1.71 bits per heavy atom. The number of nitrogens with zero attached hydrogens (tertiary/aromatic N) is 4. The molecule has 4 rings (SSSR count). The van der Waals surface area contributed by atoms with Crippen molar-refractivity contribution in [3.05, 3.63) is 48.0 Å². The highest BCUT2D eigenvalue weighted by Gasteiger charge is 2.17. The maximum atomic E-state index is 13.2. The van der Waals surface area contributed by atoms with Gasteiger partial charge in [-0.2, -0.15) is 9.61 Å². The fourth-order valence-corrected chi connectivity index (χ4v) is 3.42. The van der Waals surface area contributed by atoms with Crippen molar-refractivity contribution in [1.29, 1.82) is 0 Å². The Kier molecular flexibility index (Phi) is 3.92. The Morgan fingerprint density at radius 3 is 2.42 bits per heavy atom. The second-order valence-corrected chi connectivity index (χ2v) is 6.46. The van der Waals surface area contributed by atoms with E-state index in [0.29, 0.717) is 0 Å². The zero-order valence-corrected chi connectivity index (χ0v) is 13.9. The highest BCUT2D eigenvalue weighted by molar-refractivity contribution is 5.78. The molecule has 124 valence electrons. The number of fused-ring (bicyclic) bond motifs is 1. The summed E-state index contributed by atoms with van der Waals surface area (Å²) in [5.41, 5.74) is 3.69. The standard InChI is InChI=1S/C19H21FN4/c1-14-12-18(23-10-4-2-3-5-11-23)24-19(22-14)17(13-21-24)15-6-8-16(20)9-7-15/h6-9,12-13H,2-5,10-11H2,1H3. The summed E-state index contributed by atoms with van der Waals surface area (Å²) in [4.78, 5) is 7.11. The molecule has 3 aromatic rings. The van der Waals surface area contributed by atoms with Crippen molar-refractivity contribution in [2.24, 2.45) is 0 Å². The molecule has 1 aromatic carbocycles. The van der Waals surface area contributed by atoms with Gasteiger partial charge in [0, 0.05) is 30.4 Å². The van der Waals surface area contributed by atoms with Crippen molar-refractivity contribution in [2.45, 2.75) is 32.6 Å². The molecule has 0 amide bonds. The van der Waals surface area contributed by atoms with Crippen LogP contribution in [0, 0.1) is 12.7 Å². The summed E-state index contributed by atoms with van der Waals surface area (Å²) in [5, 5.41) is 4.58. The van der Waals surface area contributed by atoms with Gasteiger partial charge in [-0.3, -0.25) is 0 Å². The first-order valence-corrected chi connectivity index (χ1v) is 8.59. The minimum atomic E-state index is -0.232. The fraction of sp³-hybridized carbons (Fsp3) is 0.368. The maximum Gasteiger partial charge on any atom is 0.165 e. The highest BCUT2D eigenvalue weighted by Crippen LogP contribution is 2.28. The molecule has 1 saturated heterocycles. The van der Waals surface area contributed by atoms with Crippen molar-refractivity contribution < 1.29 is 4.39 Å². The van der Waals surface area contributed by atoms with E-state index in [4.69, 9.17) is 4.98 Å². The van der Waals surface area contributed by atoms with E-state index in [2.05, 4.69) is 16.1 Å². The molecule has 2 aromatic heterocycles. The second kappa shape index (κ2) is 6.23. The summed E-state index contributed by atoms with van der Waals surface area (Å²) in [6, 6.07) is 8.62. The zero-order chi connectivity index (χ0) is 16.5. The van der Waals surface area contributed by atoms with E-state index >= 15 is 0 Å². The van der Waals surface area contributed by atoms with Gasteiger partial charge >= 0.3 is 0 Å². The molecular formula is C19H21FN4. The summed E-state index contributed by atoms with van der Waals surface area (Å²) in [6.45, 7) is 4.14. The average molecular weight is 324 g/mol. The molecule has 0 radical (unpaired) electrons. The normalized spacial score (nSPS) is 15.7. The summed E-state index contributed by atoms with van der Waals surface area (Å²) >= 11 is 0. The van der Waals surface area contributed by atoms with Crippen LogP contribution in [0.5, 0.6) is 0 Å². The number of hydrogen-bond donors (Lipinski definition) is 0. The van der Waals surface area contributed by atoms with Crippen LogP contribution >= 0.6 is 0 Å². The predicted octanol–water partition coefficient (Wildman–Crippen LogP) is 4.22. The third kappa shape index (κ3) is 2.75. The first-order chi connectivity index (χ1) is 11.7. The van der Waals surface area contributed by atoms with Crippen molar-refractivity contribution in [3.63, 3.8) is 0 Å². The minimum absolute atomic E-state index is 0.232. The number of rotatable bonds is 2. The lowest BCUT2D eigenvalue weighted by Crippen LogP contribution is -2.26. The van der Waals surface area contributed by atoms with Crippen LogP contribution in [0.25, 0.3) is 16.8 Å². The van der Waals surface area contributed by atoms with Gasteiger partial charge in [0.1, 0.15) is 11.6 Å². The maximum absolute atomic E-state index is 13.2. The van der Waals surface area contributed by atoms with E-state index in [1.165, 1.54) is 37.8 Å². The lowest BCUT2D eigenvalue weighted by atomic mass is 10.1. The molecule has 24 heavy (non-hydrogen) atoms. The summed E-state index contributed by atoms with van der Waals surface area (Å²) < 4.78 is 15.1. The summed E-state index contributed by atoms with van der Waals surface area (Å²) in [6.07, 6.45) is 6.85. The third-order valence-electron chi connectivity index (χ3n) is 4.67. The Balaban J connectivity index is 1.83. The first kappa shape index (κ1) is 15.1. The molecule has 0 N–H and O–H groups in total. The van der Waals surface area contributed by atoms with Crippen LogP contribution in [0.1, 0.15) is 31.4 Å². The molecule has 3 heterocycles. The average Bonchev–Trinajstić information content (AvgIpc) is 2.81. The third-order valence-corrected chi connectivity index (χ3v) is 4.67. The lowest BCUT2D eigenvalue weighted by Gasteiger charge is -2.23. The second-order valence-electron chi connectivity index (χ2n) is 6.46. The molecule has 0 aliphatic carbocycles. The molecule has 0 saturated carbocycles. The van der Waals surface area contributed by atoms with E-state index in [1.54, 1.807) is 12.1 Å². The Bertz CT molecular complexity index is 846. The molecular weight excluding hydrogens is 303 g/mol. The first-order valence-electron chi connectivity index (χ1n) is 8.59. The SMILES string of the molecule is Cc1cc(N2CCCCCC2)n2ncc(-c3ccc(F)cc3)c2n1. The molecule has 0 atom stereocenters. The predicted molar refractivity (Wildman–Crippen MR) is 93.8 cm³/mol. The van der Waals surface area contributed by atoms with Crippen molar-refractivity contribution in [1.82, 2.24) is 14.6 Å². The number of aryl methyl sites for hydroxylation is 1. The van der Waals surface area contributed by atoms with Gasteiger partial charge < -0.3 is 4.90 Å². The number of aromatic nitrogens is 3. The van der Waals surface area contributed by atoms with Crippen LogP contribution in [0.2, 0.25) is 0 Å². The summed E-state index contributed by atoms with van der Waals surface area (Å²) in [5.74, 6) is 0.873. The number of hydrogen-bond acceptors (Lipinski definition) is 3. The number of anilines is 1. The molecule has 0 unspecified atom stereocenters. The zero-order valence-electron chi connectivity index (χ0n) is 13.9. The highest BCUT2D eigenvalue weighted by atomic mass is 19.1. The Morgan fingerprint density at radius 1 is 1.00 bits per heavy atom. The largest absolute Gasteiger partial charge is 0.356 e. The molecule has 1 aliphatic heterocycles. The fourth-order valence-electron chi connectivity index (χ4n) is 3.42. The van der Waals surface area contributed by atoms with Gasteiger partial charge in [0.15, 0.2) is 5.65 Å². The quantitative estimate of drug-likeness (QED) is 0.707. The van der Waals surface area contributed by atoms with Crippen LogP contribution in [0.3, 0.4) is 0 Å². The molecule has 4 nitrogen and oxygen atoms in total. The summed E-state index contributed by atoms with van der Waals surface area (Å²) in [7, 11) is 0. The van der Waals surface area contributed by atoms with Gasteiger partial charge in [-0.05, 0) is 37.5 Å². The van der Waals surface area contributed by atoms with Crippen molar-refractivity contribution in [2.75, 3.05) is 18.0 Å². The Labute approximate surface area is 140 Å². The van der Waals surface area contributed by atoms with Gasteiger partial charge in [-0.25, -0.2) is 9.37 Å². The number of halogens is 1. The van der Waals surface area contributed by atoms with Crippen LogP contribution in [-0.4, -0.2) is 27.7 Å². The van der Waals surface area contributed by atoms with E-state index < -0.39 is 0 Å². The topological polar surface area (TPSA) is 33.4 Å². The monoisotopic (exact) mass is 324 g/mol. The van der Waals surface area contributed by atoms with Gasteiger partial charge in [0.2, 0.25) is 0 Å². The van der Waals surface area contributed by atoms with Gasteiger partial charge in [0.05, 0.1) is 6.20 Å². The van der Waals surface area contributed by atoms with Crippen molar-refractivity contribution in [3.8, 4) is 11.1 Å². The van der Waals surface area contributed by atoms with Gasteiger partial charge in [0.25, 0.3) is 0 Å². The van der Waals surface area contributed by atoms with E-state index in [0.717, 1.165) is 41.4 Å². The van der Waals surface area contributed by atoms with Gasteiger partial charge in [-0.1, -0.05) is 25.0 Å². The molecule has 5 heteroatoms. The van der Waals surface area contributed by atoms with Crippen LogP contribution in [-0.2, 0) is 0 Å². The van der Waals surface area contributed by atoms with E-state index in [-0.39, 0.29) is 5.82 Å². The molecule has 0 spiro atoms. The molecule has 0 bridgehead atoms. The lowest BCUT2D eigenvalue weighted by molar-refractivity contribution is 0.628. The minimum Gasteiger partial charge on any atom is -0.356 e. The molecule has 1 aliphatic rings.